The number of rotatable bonds is 4. The van der Waals surface area contributed by atoms with Crippen LogP contribution in [0.5, 0.6) is 0 Å². The smallest absolute Gasteiger partial charge is 0.241 e. The number of nitrogens with one attached hydrogen (secondary N) is 1. The number of carbonyl (C=O) groups excluding carboxylic acids is 1. The topological polar surface area (TPSA) is 45.2 Å². The summed E-state index contributed by atoms with van der Waals surface area (Å²) in [6.45, 7) is 2.33. The lowest BCUT2D eigenvalue weighted by Gasteiger charge is -2.14. The van der Waals surface area contributed by atoms with Gasteiger partial charge in [0, 0.05) is 19.7 Å². The fourth-order valence-electron chi connectivity index (χ4n) is 1.02. The zero-order valence-corrected chi connectivity index (χ0v) is 9.13. The van der Waals surface area contributed by atoms with E-state index >= 15 is 0 Å². The average molecular weight is 229 g/mol. The number of carbonyl (C=O) groups is 1. The van der Waals surface area contributed by atoms with Crippen LogP contribution in [0.4, 0.5) is 14.6 Å². The van der Waals surface area contributed by atoms with E-state index in [1.54, 1.807) is 7.05 Å². The highest BCUT2D eigenvalue weighted by atomic mass is 19.1. The maximum Gasteiger partial charge on any atom is 0.241 e. The molecule has 0 unspecified atom stereocenters. The van der Waals surface area contributed by atoms with E-state index in [9.17, 15) is 13.6 Å². The first-order valence-corrected chi connectivity index (χ1v) is 4.83. The minimum atomic E-state index is -0.813. The maximum atomic E-state index is 13.1. The Morgan fingerprint density at radius 3 is 2.81 bits per heavy atom. The second-order valence-corrected chi connectivity index (χ2v) is 3.25. The van der Waals surface area contributed by atoms with E-state index < -0.39 is 11.6 Å². The van der Waals surface area contributed by atoms with E-state index in [-0.39, 0.29) is 18.3 Å². The van der Waals surface area contributed by atoms with Crippen molar-refractivity contribution in [3.05, 3.63) is 23.9 Å². The van der Waals surface area contributed by atoms with E-state index in [2.05, 4.69) is 10.3 Å². The number of nitrogens with zero attached hydrogens (tertiary/aromatic N) is 2. The number of halogens is 2. The summed E-state index contributed by atoms with van der Waals surface area (Å²) in [6, 6.07) is 0.712. The molecule has 1 aromatic heterocycles. The van der Waals surface area contributed by atoms with E-state index in [0.717, 1.165) is 6.20 Å². The quantitative estimate of drug-likeness (QED) is 0.845. The molecule has 0 fully saturated rings. The van der Waals surface area contributed by atoms with Crippen LogP contribution in [0.15, 0.2) is 12.3 Å². The molecule has 16 heavy (non-hydrogen) atoms. The molecule has 88 valence electrons. The average Bonchev–Trinajstić information content (AvgIpc) is 2.26. The highest BCUT2D eigenvalue weighted by Crippen LogP contribution is 2.10. The zero-order chi connectivity index (χ0) is 12.1. The summed E-state index contributed by atoms with van der Waals surface area (Å²) in [7, 11) is 1.64. The van der Waals surface area contributed by atoms with Crippen LogP contribution in [0, 0.1) is 11.6 Å². The molecule has 1 amide bonds. The van der Waals surface area contributed by atoms with Gasteiger partial charge in [0.15, 0.2) is 11.6 Å². The monoisotopic (exact) mass is 229 g/mol. The van der Waals surface area contributed by atoms with Gasteiger partial charge in [0.05, 0.1) is 12.7 Å². The standard InChI is InChI=1S/C10H13F2N3O/c1-3-15(2)9(16)6-14-10-8(12)4-7(11)5-13-10/h4-5H,3,6H2,1-2H3,(H,13,14). The zero-order valence-electron chi connectivity index (χ0n) is 9.13. The maximum absolute atomic E-state index is 13.1. The van der Waals surface area contributed by atoms with Gasteiger partial charge in [-0.3, -0.25) is 4.79 Å². The van der Waals surface area contributed by atoms with Crippen molar-refractivity contribution in [1.82, 2.24) is 9.88 Å². The van der Waals surface area contributed by atoms with E-state index in [0.29, 0.717) is 12.6 Å². The first-order chi connectivity index (χ1) is 7.54. The molecule has 1 heterocycles. The van der Waals surface area contributed by atoms with Gasteiger partial charge in [0.2, 0.25) is 5.91 Å². The van der Waals surface area contributed by atoms with E-state index in [1.807, 2.05) is 6.92 Å². The van der Waals surface area contributed by atoms with Crippen LogP contribution < -0.4 is 5.32 Å². The van der Waals surface area contributed by atoms with Crippen molar-refractivity contribution in [2.45, 2.75) is 6.92 Å². The van der Waals surface area contributed by atoms with Crippen molar-refractivity contribution >= 4 is 11.7 Å². The summed E-state index contributed by atoms with van der Waals surface area (Å²) in [4.78, 5) is 16.3. The van der Waals surface area contributed by atoms with Crippen molar-refractivity contribution in [1.29, 1.82) is 0 Å². The third kappa shape index (κ3) is 3.15. The van der Waals surface area contributed by atoms with Crippen molar-refractivity contribution in [2.24, 2.45) is 0 Å². The minimum absolute atomic E-state index is 0.0696. The van der Waals surface area contributed by atoms with Crippen molar-refractivity contribution in [3.63, 3.8) is 0 Å². The molecule has 0 radical (unpaired) electrons. The Kier molecular flexibility index (Phi) is 4.16. The SMILES string of the molecule is CCN(C)C(=O)CNc1ncc(F)cc1F. The van der Waals surface area contributed by atoms with Gasteiger partial charge >= 0.3 is 0 Å². The largest absolute Gasteiger partial charge is 0.359 e. The molecule has 0 saturated carbocycles. The third-order valence-electron chi connectivity index (χ3n) is 2.11. The third-order valence-corrected chi connectivity index (χ3v) is 2.11. The summed E-state index contributed by atoms with van der Waals surface area (Å²) in [5, 5.41) is 2.51. The van der Waals surface area contributed by atoms with Gasteiger partial charge in [0.25, 0.3) is 0 Å². The molecule has 1 aromatic rings. The van der Waals surface area contributed by atoms with Crippen LogP contribution in [0.25, 0.3) is 0 Å². The lowest BCUT2D eigenvalue weighted by atomic mass is 10.4. The van der Waals surface area contributed by atoms with Crippen LogP contribution in [-0.4, -0.2) is 35.9 Å². The van der Waals surface area contributed by atoms with Crippen LogP contribution in [0.3, 0.4) is 0 Å². The molecular formula is C10H13F2N3O. The molecule has 0 aromatic carbocycles. The Bertz CT molecular complexity index is 384. The highest BCUT2D eigenvalue weighted by Gasteiger charge is 2.09. The van der Waals surface area contributed by atoms with Gasteiger partial charge in [-0.1, -0.05) is 0 Å². The Morgan fingerprint density at radius 1 is 1.56 bits per heavy atom. The predicted octanol–water partition coefficient (Wildman–Crippen LogP) is 1.25. The Morgan fingerprint density at radius 2 is 2.25 bits per heavy atom. The number of likely N-dealkylation sites (N-methyl/N-ethyl adjacent to an activating group) is 1. The van der Waals surface area contributed by atoms with Gasteiger partial charge in [-0.15, -0.1) is 0 Å². The van der Waals surface area contributed by atoms with Crippen molar-refractivity contribution in [2.75, 3.05) is 25.5 Å². The number of anilines is 1. The second kappa shape index (κ2) is 5.39. The summed E-state index contributed by atoms with van der Waals surface area (Å²) < 4.78 is 25.6. The number of aromatic nitrogens is 1. The minimum Gasteiger partial charge on any atom is -0.359 e. The van der Waals surface area contributed by atoms with Crippen molar-refractivity contribution in [3.8, 4) is 0 Å². The summed E-state index contributed by atoms with van der Waals surface area (Å²) in [6.07, 6.45) is 0.888. The molecule has 1 N–H and O–H groups in total. The second-order valence-electron chi connectivity index (χ2n) is 3.25. The first-order valence-electron chi connectivity index (χ1n) is 4.83. The van der Waals surface area contributed by atoms with Crippen LogP contribution >= 0.6 is 0 Å². The van der Waals surface area contributed by atoms with Gasteiger partial charge in [-0.25, -0.2) is 13.8 Å². The lowest BCUT2D eigenvalue weighted by Crippen LogP contribution is -2.32. The molecule has 0 aliphatic heterocycles. The fraction of sp³-hybridized carbons (Fsp3) is 0.400. The molecule has 0 bridgehead atoms. The number of amides is 1. The fourth-order valence-corrected chi connectivity index (χ4v) is 1.02. The normalized spacial score (nSPS) is 10.0. The molecule has 4 nitrogen and oxygen atoms in total. The van der Waals surface area contributed by atoms with Gasteiger partial charge < -0.3 is 10.2 Å². The molecule has 0 spiro atoms. The Balaban J connectivity index is 2.58. The van der Waals surface area contributed by atoms with Crippen molar-refractivity contribution < 1.29 is 13.6 Å². The molecule has 0 saturated heterocycles. The van der Waals surface area contributed by atoms with Gasteiger partial charge in [-0.2, -0.15) is 0 Å². The number of pyridine rings is 1. The number of hydrogen-bond donors (Lipinski definition) is 1. The van der Waals surface area contributed by atoms with E-state index in [1.165, 1.54) is 4.90 Å². The van der Waals surface area contributed by atoms with Crippen LogP contribution in [-0.2, 0) is 4.79 Å². The van der Waals surface area contributed by atoms with Crippen LogP contribution in [0.1, 0.15) is 6.92 Å². The predicted molar refractivity (Wildman–Crippen MR) is 56.0 cm³/mol. The summed E-state index contributed by atoms with van der Waals surface area (Å²) in [5.41, 5.74) is 0. The van der Waals surface area contributed by atoms with E-state index in [4.69, 9.17) is 0 Å². The summed E-state index contributed by atoms with van der Waals surface area (Å²) >= 11 is 0. The number of hydrogen-bond acceptors (Lipinski definition) is 3. The Labute approximate surface area is 92.3 Å². The first kappa shape index (κ1) is 12.4. The highest BCUT2D eigenvalue weighted by molar-refractivity contribution is 5.80. The van der Waals surface area contributed by atoms with Crippen LogP contribution in [0.2, 0.25) is 0 Å². The molecule has 0 atom stereocenters. The Hall–Kier alpha value is -1.72. The molecule has 6 heteroatoms. The van der Waals surface area contributed by atoms with Gasteiger partial charge in [0.1, 0.15) is 5.82 Å². The molecule has 0 aliphatic carbocycles. The summed E-state index contributed by atoms with van der Waals surface area (Å²) in [5.74, 6) is -1.88. The molecular weight excluding hydrogens is 216 g/mol. The van der Waals surface area contributed by atoms with Gasteiger partial charge in [-0.05, 0) is 6.92 Å². The molecule has 1 rings (SSSR count). The lowest BCUT2D eigenvalue weighted by molar-refractivity contribution is -0.127. The molecule has 0 aliphatic rings.